The van der Waals surface area contributed by atoms with E-state index in [2.05, 4.69) is 9.88 Å². The fraction of sp³-hybridized carbons (Fsp3) is 0.667. The van der Waals surface area contributed by atoms with Crippen LogP contribution in [0.15, 0.2) is 18.3 Å². The molecule has 0 aromatic carbocycles. The van der Waals surface area contributed by atoms with Gasteiger partial charge in [0.25, 0.3) is 0 Å². The third kappa shape index (κ3) is 4.45. The van der Waals surface area contributed by atoms with E-state index in [4.69, 9.17) is 4.74 Å². The van der Waals surface area contributed by atoms with Crippen molar-refractivity contribution in [2.24, 2.45) is 0 Å². The van der Waals surface area contributed by atoms with Gasteiger partial charge in [-0.1, -0.05) is 6.07 Å². The van der Waals surface area contributed by atoms with Crippen LogP contribution in [0.4, 0.5) is 0 Å². The van der Waals surface area contributed by atoms with Crippen LogP contribution in [-0.4, -0.2) is 70.7 Å². The maximum absolute atomic E-state index is 11.6. The van der Waals surface area contributed by atoms with Crippen LogP contribution < -0.4 is 4.74 Å². The molecule has 24 heavy (non-hydrogen) atoms. The molecular weight excluding hydrogens is 306 g/mol. The highest BCUT2D eigenvalue weighted by atomic mass is 16.5. The van der Waals surface area contributed by atoms with Gasteiger partial charge in [0, 0.05) is 50.9 Å². The van der Waals surface area contributed by atoms with Crippen LogP contribution in [0.25, 0.3) is 0 Å². The maximum atomic E-state index is 11.6. The second kappa shape index (κ2) is 7.94. The lowest BCUT2D eigenvalue weighted by Crippen LogP contribution is -2.45. The Kier molecular flexibility index (Phi) is 5.68. The summed E-state index contributed by atoms with van der Waals surface area (Å²) in [7, 11) is 0. The van der Waals surface area contributed by atoms with Crippen molar-refractivity contribution in [1.82, 2.24) is 14.8 Å². The highest BCUT2D eigenvalue weighted by Gasteiger charge is 2.26. The summed E-state index contributed by atoms with van der Waals surface area (Å²) in [6, 6.07) is 3.92. The first kappa shape index (κ1) is 17.2. The molecule has 6 heteroatoms. The van der Waals surface area contributed by atoms with E-state index in [1.807, 2.05) is 19.1 Å². The van der Waals surface area contributed by atoms with Gasteiger partial charge in [-0.2, -0.15) is 0 Å². The van der Waals surface area contributed by atoms with Crippen LogP contribution in [0.5, 0.6) is 5.88 Å². The molecule has 6 nitrogen and oxygen atoms in total. The number of aromatic nitrogens is 1. The number of aliphatic hydroxyl groups is 1. The van der Waals surface area contributed by atoms with Gasteiger partial charge in [0.15, 0.2) is 0 Å². The predicted molar refractivity (Wildman–Crippen MR) is 90.9 cm³/mol. The van der Waals surface area contributed by atoms with Gasteiger partial charge < -0.3 is 19.6 Å². The van der Waals surface area contributed by atoms with Crippen molar-refractivity contribution in [2.75, 3.05) is 32.7 Å². The molecule has 1 atom stereocenters. The Balaban J connectivity index is 1.40. The van der Waals surface area contributed by atoms with Gasteiger partial charge in [0.05, 0.1) is 6.10 Å². The van der Waals surface area contributed by atoms with E-state index in [1.165, 1.54) is 0 Å². The molecule has 2 aliphatic heterocycles. The summed E-state index contributed by atoms with van der Waals surface area (Å²) in [5.74, 6) is 0.899. The molecule has 0 bridgehead atoms. The van der Waals surface area contributed by atoms with Crippen molar-refractivity contribution in [1.29, 1.82) is 0 Å². The molecular formula is C18H27N3O3. The first-order valence-corrected chi connectivity index (χ1v) is 8.88. The van der Waals surface area contributed by atoms with Gasteiger partial charge in [-0.05, 0) is 32.3 Å². The zero-order valence-corrected chi connectivity index (χ0v) is 14.4. The molecule has 3 rings (SSSR count). The van der Waals surface area contributed by atoms with E-state index in [-0.39, 0.29) is 12.0 Å². The number of pyridine rings is 1. The highest BCUT2D eigenvalue weighted by Crippen LogP contribution is 2.20. The average Bonchev–Trinajstić information content (AvgIpc) is 2.96. The third-order valence-electron chi connectivity index (χ3n) is 4.85. The van der Waals surface area contributed by atoms with E-state index < -0.39 is 6.10 Å². The molecule has 1 unspecified atom stereocenters. The minimum Gasteiger partial charge on any atom is -0.474 e. The summed E-state index contributed by atoms with van der Waals surface area (Å²) in [5.41, 5.74) is 1.06. The number of β-amino-alcohol motifs (C(OH)–C–C–N with tert-alkyl or cyclic N) is 1. The fourth-order valence-electron chi connectivity index (χ4n) is 3.47. The van der Waals surface area contributed by atoms with Gasteiger partial charge in [-0.3, -0.25) is 4.79 Å². The number of aliphatic hydroxyl groups excluding tert-OH is 1. The number of likely N-dealkylation sites (tertiary alicyclic amines) is 2. The Bertz CT molecular complexity index is 558. The Morgan fingerprint density at radius 2 is 2.12 bits per heavy atom. The van der Waals surface area contributed by atoms with Crippen molar-refractivity contribution in [3.05, 3.63) is 23.9 Å². The molecule has 2 aliphatic rings. The quantitative estimate of drug-likeness (QED) is 0.848. The number of hydrogen-bond donors (Lipinski definition) is 1. The van der Waals surface area contributed by atoms with E-state index in [1.54, 1.807) is 11.1 Å². The Labute approximate surface area is 143 Å². The number of hydrogen-bond acceptors (Lipinski definition) is 5. The van der Waals surface area contributed by atoms with Crippen LogP contribution >= 0.6 is 0 Å². The molecule has 2 fully saturated rings. The van der Waals surface area contributed by atoms with Crippen molar-refractivity contribution in [3.8, 4) is 5.88 Å². The molecule has 1 aromatic heterocycles. The summed E-state index contributed by atoms with van der Waals surface area (Å²) in [6.07, 6.45) is 4.89. The molecule has 2 saturated heterocycles. The molecule has 1 aromatic rings. The van der Waals surface area contributed by atoms with Gasteiger partial charge in [0.1, 0.15) is 6.10 Å². The van der Waals surface area contributed by atoms with E-state index >= 15 is 0 Å². The summed E-state index contributed by atoms with van der Waals surface area (Å²) < 4.78 is 6.01. The molecule has 0 radical (unpaired) electrons. The van der Waals surface area contributed by atoms with Gasteiger partial charge in [0.2, 0.25) is 11.8 Å². The topological polar surface area (TPSA) is 65.9 Å². The Morgan fingerprint density at radius 1 is 1.33 bits per heavy atom. The van der Waals surface area contributed by atoms with Crippen LogP contribution in [0.3, 0.4) is 0 Å². The third-order valence-corrected chi connectivity index (χ3v) is 4.85. The zero-order chi connectivity index (χ0) is 16.9. The number of nitrogens with zero attached hydrogens (tertiary/aromatic N) is 3. The minimum absolute atomic E-state index is 0.173. The monoisotopic (exact) mass is 333 g/mol. The summed E-state index contributed by atoms with van der Waals surface area (Å²) in [5, 5.41) is 10.2. The number of ether oxygens (including phenoxy) is 1. The number of amides is 1. The minimum atomic E-state index is -0.470. The van der Waals surface area contributed by atoms with Gasteiger partial charge in [-0.25, -0.2) is 4.98 Å². The number of aryl methyl sites for hydroxylation is 1. The molecule has 0 spiro atoms. The lowest BCUT2D eigenvalue weighted by Gasteiger charge is -2.33. The van der Waals surface area contributed by atoms with Crippen LogP contribution in [0.1, 0.15) is 31.2 Å². The smallest absolute Gasteiger partial charge is 0.222 e. The number of piperidine rings is 1. The normalized spacial score (nSPS) is 21.2. The van der Waals surface area contributed by atoms with E-state index in [0.29, 0.717) is 19.5 Å². The van der Waals surface area contributed by atoms with Gasteiger partial charge >= 0.3 is 0 Å². The van der Waals surface area contributed by atoms with Crippen molar-refractivity contribution >= 4 is 5.91 Å². The van der Waals surface area contributed by atoms with Crippen LogP contribution in [0.2, 0.25) is 0 Å². The Morgan fingerprint density at radius 3 is 2.79 bits per heavy atom. The van der Waals surface area contributed by atoms with Crippen LogP contribution in [0, 0.1) is 6.92 Å². The van der Waals surface area contributed by atoms with E-state index in [9.17, 15) is 9.90 Å². The zero-order valence-electron chi connectivity index (χ0n) is 14.4. The van der Waals surface area contributed by atoms with E-state index in [0.717, 1.165) is 50.3 Å². The molecule has 0 saturated carbocycles. The second-order valence-corrected chi connectivity index (χ2v) is 6.84. The summed E-state index contributed by atoms with van der Waals surface area (Å²) in [6.45, 7) is 5.69. The lowest BCUT2D eigenvalue weighted by atomic mass is 10.1. The first-order valence-electron chi connectivity index (χ1n) is 8.88. The summed E-state index contributed by atoms with van der Waals surface area (Å²) >= 11 is 0. The molecule has 3 heterocycles. The summed E-state index contributed by atoms with van der Waals surface area (Å²) in [4.78, 5) is 20.0. The molecule has 132 valence electrons. The van der Waals surface area contributed by atoms with Gasteiger partial charge in [-0.15, -0.1) is 0 Å². The number of carbonyl (C=O) groups excluding carboxylic acids is 1. The first-order chi connectivity index (χ1) is 11.6. The Hall–Kier alpha value is -1.66. The average molecular weight is 333 g/mol. The highest BCUT2D eigenvalue weighted by molar-refractivity contribution is 5.78. The van der Waals surface area contributed by atoms with Crippen molar-refractivity contribution in [2.45, 2.75) is 44.8 Å². The number of carbonyl (C=O) groups is 1. The SMILES string of the molecule is Cc1cccnc1OC1CCN(CC(O)CN2CCCC2=O)CC1. The fourth-order valence-corrected chi connectivity index (χ4v) is 3.47. The largest absolute Gasteiger partial charge is 0.474 e. The predicted octanol–water partition coefficient (Wildman–Crippen LogP) is 1.22. The maximum Gasteiger partial charge on any atom is 0.222 e. The second-order valence-electron chi connectivity index (χ2n) is 6.84. The van der Waals surface area contributed by atoms with Crippen molar-refractivity contribution in [3.63, 3.8) is 0 Å². The number of rotatable bonds is 6. The lowest BCUT2D eigenvalue weighted by molar-refractivity contribution is -0.129. The van der Waals surface area contributed by atoms with Crippen molar-refractivity contribution < 1.29 is 14.6 Å². The molecule has 0 aliphatic carbocycles. The molecule has 1 N–H and O–H groups in total. The molecule has 1 amide bonds. The standard InChI is InChI=1S/C18H27N3O3/c1-14-4-2-8-19-18(14)24-16-6-10-20(11-7-16)12-15(22)13-21-9-3-5-17(21)23/h2,4,8,15-16,22H,3,5-7,9-13H2,1H3. The van der Waals surface area contributed by atoms with Crippen LogP contribution in [-0.2, 0) is 4.79 Å².